The van der Waals surface area contributed by atoms with Gasteiger partial charge in [0.1, 0.15) is 5.75 Å². The van der Waals surface area contributed by atoms with E-state index in [-0.39, 0.29) is 0 Å². The predicted octanol–water partition coefficient (Wildman–Crippen LogP) is 6.86. The van der Waals surface area contributed by atoms with Gasteiger partial charge in [0.15, 0.2) is 0 Å². The van der Waals surface area contributed by atoms with Gasteiger partial charge in [0.25, 0.3) is 0 Å². The Bertz CT molecular complexity index is 648. The second-order valence-electron chi connectivity index (χ2n) is 9.64. The van der Waals surface area contributed by atoms with Crippen LogP contribution >= 0.6 is 15.9 Å². The molecule has 0 fully saturated rings. The van der Waals surface area contributed by atoms with Crippen LogP contribution in [0.15, 0.2) is 16.6 Å². The summed E-state index contributed by atoms with van der Waals surface area (Å²) in [6, 6.07) is 4.13. The van der Waals surface area contributed by atoms with Gasteiger partial charge in [-0.1, -0.05) is 80.6 Å². The molecule has 8 heteroatoms. The van der Waals surface area contributed by atoms with Gasteiger partial charge in [-0.2, -0.15) is 0 Å². The molecule has 220 valence electrons. The first-order valence-electron chi connectivity index (χ1n) is 14.7. The Morgan fingerprint density at radius 3 is 1.34 bits per heavy atom. The van der Waals surface area contributed by atoms with Crippen molar-refractivity contribution in [1.82, 2.24) is 0 Å². The zero-order valence-corrected chi connectivity index (χ0v) is 25.2. The van der Waals surface area contributed by atoms with Crippen LogP contribution in [-0.2, 0) is 41.6 Å². The number of fused-ring (bicyclic) bond motifs is 2. The van der Waals surface area contributed by atoms with Crippen LogP contribution < -0.4 is 4.74 Å². The Morgan fingerprint density at radius 1 is 0.553 bits per heavy atom. The Labute approximate surface area is 239 Å². The molecule has 0 amide bonds. The summed E-state index contributed by atoms with van der Waals surface area (Å²) in [5.74, 6) is 0.863. The van der Waals surface area contributed by atoms with Crippen molar-refractivity contribution in [2.24, 2.45) is 0 Å². The van der Waals surface area contributed by atoms with E-state index >= 15 is 0 Å². The lowest BCUT2D eigenvalue weighted by molar-refractivity contribution is -0.0181. The SMILES string of the molecule is CCCCCCCCCCCCOc1cc2c(Br)c(c1)COCCOCCOCCOCCOCCOC2. The van der Waals surface area contributed by atoms with Crippen molar-refractivity contribution in [3.05, 3.63) is 27.7 Å². The van der Waals surface area contributed by atoms with Crippen molar-refractivity contribution >= 4 is 15.9 Å². The summed E-state index contributed by atoms with van der Waals surface area (Å²) >= 11 is 3.75. The second-order valence-corrected chi connectivity index (χ2v) is 10.4. The van der Waals surface area contributed by atoms with Crippen molar-refractivity contribution in [3.8, 4) is 5.75 Å². The van der Waals surface area contributed by atoms with Gasteiger partial charge in [0.2, 0.25) is 0 Å². The smallest absolute Gasteiger partial charge is 0.120 e. The van der Waals surface area contributed by atoms with Gasteiger partial charge >= 0.3 is 0 Å². The maximum atomic E-state index is 6.15. The highest BCUT2D eigenvalue weighted by Crippen LogP contribution is 2.29. The van der Waals surface area contributed by atoms with Crippen LogP contribution in [0.1, 0.15) is 82.3 Å². The third kappa shape index (κ3) is 17.1. The molecule has 0 atom stereocenters. The third-order valence-corrected chi connectivity index (χ3v) is 7.36. The second kappa shape index (κ2) is 24.1. The monoisotopic (exact) mass is 602 g/mol. The van der Waals surface area contributed by atoms with E-state index < -0.39 is 0 Å². The van der Waals surface area contributed by atoms with Gasteiger partial charge in [0, 0.05) is 4.47 Å². The number of ether oxygens (including phenoxy) is 7. The molecule has 0 unspecified atom stereocenters. The fourth-order valence-electron chi connectivity index (χ4n) is 4.15. The lowest BCUT2D eigenvalue weighted by atomic mass is 10.1. The van der Waals surface area contributed by atoms with Gasteiger partial charge in [-0.15, -0.1) is 0 Å². The van der Waals surface area contributed by atoms with Crippen molar-refractivity contribution < 1.29 is 33.2 Å². The lowest BCUT2D eigenvalue weighted by Crippen LogP contribution is -2.13. The molecular formula is C30H51BrO7. The first kappa shape index (κ1) is 33.5. The molecule has 0 aromatic heterocycles. The topological polar surface area (TPSA) is 64.6 Å². The standard InChI is InChI=1S/C30H51BrO7/c1-2-3-4-5-6-7-8-9-10-11-12-38-29-23-27-25-36-21-19-34-17-15-32-13-14-33-16-18-35-20-22-37-26-28(24-29)30(27)31/h23-24H,2-22,25-26H2,1H3. The molecule has 1 aliphatic rings. The molecule has 0 saturated heterocycles. The van der Waals surface area contributed by atoms with Crippen LogP contribution in [0.2, 0.25) is 0 Å². The van der Waals surface area contributed by atoms with Gasteiger partial charge < -0.3 is 33.2 Å². The Kier molecular flexibility index (Phi) is 21.2. The molecule has 0 saturated carbocycles. The summed E-state index contributed by atoms with van der Waals surface area (Å²) in [4.78, 5) is 0. The number of unbranched alkanes of at least 4 members (excludes halogenated alkanes) is 9. The van der Waals surface area contributed by atoms with Crippen LogP contribution in [0, 0.1) is 0 Å². The quantitative estimate of drug-likeness (QED) is 0.242. The first-order valence-corrected chi connectivity index (χ1v) is 15.5. The van der Waals surface area contributed by atoms with Crippen LogP contribution in [0.5, 0.6) is 5.75 Å². The molecule has 0 N–H and O–H groups in total. The summed E-state index contributed by atoms with van der Waals surface area (Å²) in [6.07, 6.45) is 13.1. The van der Waals surface area contributed by atoms with Crippen LogP contribution in [0.4, 0.5) is 0 Å². The fraction of sp³-hybridized carbons (Fsp3) is 0.800. The predicted molar refractivity (Wildman–Crippen MR) is 154 cm³/mol. The maximum Gasteiger partial charge on any atom is 0.120 e. The minimum atomic E-state index is 0.476. The van der Waals surface area contributed by atoms with Crippen molar-refractivity contribution in [1.29, 1.82) is 0 Å². The van der Waals surface area contributed by atoms with E-state index in [1.54, 1.807) is 0 Å². The minimum absolute atomic E-state index is 0.476. The van der Waals surface area contributed by atoms with E-state index in [0.717, 1.165) is 34.4 Å². The van der Waals surface area contributed by atoms with Crippen molar-refractivity contribution in [3.63, 3.8) is 0 Å². The number of benzene rings is 1. The Hall–Kier alpha value is -0.740. The van der Waals surface area contributed by atoms with E-state index in [1.165, 1.54) is 57.8 Å². The lowest BCUT2D eigenvalue weighted by Gasteiger charge is -2.15. The summed E-state index contributed by atoms with van der Waals surface area (Å²) in [5, 5.41) is 0. The van der Waals surface area contributed by atoms with Crippen LogP contribution in [0.3, 0.4) is 0 Å². The van der Waals surface area contributed by atoms with E-state index in [9.17, 15) is 0 Å². The molecule has 38 heavy (non-hydrogen) atoms. The van der Waals surface area contributed by atoms with E-state index in [0.29, 0.717) is 79.3 Å². The number of halogens is 1. The van der Waals surface area contributed by atoms with Crippen molar-refractivity contribution in [2.75, 3.05) is 72.7 Å². The molecule has 1 aromatic rings. The molecule has 1 aromatic carbocycles. The summed E-state index contributed by atoms with van der Waals surface area (Å²) in [5.41, 5.74) is 2.10. The average Bonchev–Trinajstić information content (AvgIpc) is 2.92. The molecule has 0 spiro atoms. The van der Waals surface area contributed by atoms with E-state index in [4.69, 9.17) is 33.2 Å². The molecule has 0 radical (unpaired) electrons. The summed E-state index contributed by atoms with van der Waals surface area (Å²) in [7, 11) is 0. The highest BCUT2D eigenvalue weighted by Gasteiger charge is 2.11. The fourth-order valence-corrected chi connectivity index (χ4v) is 4.61. The first-order chi connectivity index (χ1) is 18.8. The Balaban J connectivity index is 1.78. The van der Waals surface area contributed by atoms with Gasteiger partial charge in [-0.3, -0.25) is 0 Å². The maximum absolute atomic E-state index is 6.15. The highest BCUT2D eigenvalue weighted by molar-refractivity contribution is 9.10. The van der Waals surface area contributed by atoms with Gasteiger partial charge in [0.05, 0.1) is 85.9 Å². The van der Waals surface area contributed by atoms with Crippen molar-refractivity contribution in [2.45, 2.75) is 84.3 Å². The molecular weight excluding hydrogens is 552 g/mol. The summed E-state index contributed by atoms with van der Waals surface area (Å²) in [6.45, 7) is 9.31. The number of rotatable bonds is 12. The largest absolute Gasteiger partial charge is 0.494 e. The molecule has 2 bridgehead atoms. The zero-order chi connectivity index (χ0) is 26.9. The van der Waals surface area contributed by atoms with Crippen LogP contribution in [0.25, 0.3) is 0 Å². The normalized spacial score (nSPS) is 17.5. The molecule has 0 aliphatic carbocycles. The highest BCUT2D eigenvalue weighted by atomic mass is 79.9. The minimum Gasteiger partial charge on any atom is -0.494 e. The molecule has 1 heterocycles. The number of hydrogen-bond acceptors (Lipinski definition) is 7. The van der Waals surface area contributed by atoms with Gasteiger partial charge in [-0.05, 0) is 29.7 Å². The molecule has 7 nitrogen and oxygen atoms in total. The third-order valence-electron chi connectivity index (χ3n) is 6.34. The van der Waals surface area contributed by atoms with E-state index in [1.807, 2.05) is 0 Å². The average molecular weight is 604 g/mol. The number of hydrogen-bond donors (Lipinski definition) is 0. The molecule has 2 rings (SSSR count). The zero-order valence-electron chi connectivity index (χ0n) is 23.7. The van der Waals surface area contributed by atoms with Crippen LogP contribution in [-0.4, -0.2) is 72.7 Å². The van der Waals surface area contributed by atoms with Gasteiger partial charge in [-0.25, -0.2) is 0 Å². The summed E-state index contributed by atoms with van der Waals surface area (Å²) < 4.78 is 41.1. The van der Waals surface area contributed by atoms with E-state index in [2.05, 4.69) is 35.0 Å². The molecule has 1 aliphatic heterocycles. The Morgan fingerprint density at radius 2 is 0.921 bits per heavy atom.